The summed E-state index contributed by atoms with van der Waals surface area (Å²) in [5, 5.41) is 10.6. The van der Waals surface area contributed by atoms with Gasteiger partial charge >= 0.3 is 39.5 Å². The molecule has 19 heteroatoms. The monoisotopic (exact) mass is 1350 g/mol. The number of hydrogen-bond donors (Lipinski definition) is 3. The summed E-state index contributed by atoms with van der Waals surface area (Å²) in [6.45, 7) is 11.9. The van der Waals surface area contributed by atoms with Crippen LogP contribution in [0.4, 0.5) is 0 Å². The zero-order valence-corrected chi connectivity index (χ0v) is 61.8. The maximum atomic E-state index is 13.1. The van der Waals surface area contributed by atoms with Gasteiger partial charge in [-0.3, -0.25) is 37.3 Å². The minimum Gasteiger partial charge on any atom is -0.462 e. The molecule has 546 valence electrons. The lowest BCUT2D eigenvalue weighted by Gasteiger charge is -2.21. The summed E-state index contributed by atoms with van der Waals surface area (Å²) >= 11 is 0. The Bertz CT molecular complexity index is 1810. The second kappa shape index (κ2) is 63.8. The molecular formula is C73H142O17P2. The summed E-state index contributed by atoms with van der Waals surface area (Å²) in [5.74, 6) is 0.230. The topological polar surface area (TPSA) is 237 Å². The molecular weight excluding hydrogens is 1210 g/mol. The standard InChI is InChI=1S/C73H142O17P2/c1-8-11-12-13-14-32-40-47-54-70(75)83-61-69(90-73(78)57-50-43-36-35-39-46-53-66(7)10-3)63-88-92(81,82)86-59-67(74)58-85-91(79,80)87-62-68(60-84-71(76)55-48-41-33-28-24-21-17-18-22-26-30-37-44-51-64(4)5)89-72(77)56-49-42-34-29-25-20-16-15-19-23-27-31-38-45-52-65(6)9-2/h64-69,74H,8-63H2,1-7H3,(H,79,80)(H,81,82)/t65?,66?,67-,68-,69-/m1/s1. The Hall–Kier alpha value is -1.94. The lowest BCUT2D eigenvalue weighted by atomic mass is 9.99. The molecule has 0 bridgehead atoms. The van der Waals surface area contributed by atoms with Gasteiger partial charge in [-0.25, -0.2) is 9.13 Å². The maximum absolute atomic E-state index is 13.1. The van der Waals surface area contributed by atoms with Gasteiger partial charge in [0.15, 0.2) is 12.2 Å². The third-order valence-electron chi connectivity index (χ3n) is 17.6. The molecule has 0 heterocycles. The van der Waals surface area contributed by atoms with Crippen molar-refractivity contribution in [3.63, 3.8) is 0 Å². The molecule has 0 spiro atoms. The molecule has 0 aromatic rings. The zero-order valence-electron chi connectivity index (χ0n) is 60.0. The molecule has 0 rings (SSSR count). The van der Waals surface area contributed by atoms with E-state index in [0.717, 1.165) is 114 Å². The van der Waals surface area contributed by atoms with Crippen LogP contribution in [0.15, 0.2) is 0 Å². The van der Waals surface area contributed by atoms with Gasteiger partial charge in [-0.15, -0.1) is 0 Å². The van der Waals surface area contributed by atoms with Crippen LogP contribution in [0.1, 0.15) is 370 Å². The van der Waals surface area contributed by atoms with Crippen molar-refractivity contribution in [2.45, 2.75) is 388 Å². The molecule has 0 radical (unpaired) electrons. The van der Waals surface area contributed by atoms with Gasteiger partial charge in [0.2, 0.25) is 0 Å². The summed E-state index contributed by atoms with van der Waals surface area (Å²) in [6, 6.07) is 0. The van der Waals surface area contributed by atoms with E-state index >= 15 is 0 Å². The molecule has 4 unspecified atom stereocenters. The van der Waals surface area contributed by atoms with Crippen LogP contribution < -0.4 is 0 Å². The number of rotatable bonds is 71. The van der Waals surface area contributed by atoms with Gasteiger partial charge < -0.3 is 33.8 Å². The molecule has 0 aliphatic carbocycles. The molecule has 17 nitrogen and oxygen atoms in total. The average Bonchev–Trinajstić information content (AvgIpc) is 3.69. The first-order valence-corrected chi connectivity index (χ1v) is 40.9. The molecule has 0 saturated heterocycles. The third-order valence-corrected chi connectivity index (χ3v) is 19.5. The summed E-state index contributed by atoms with van der Waals surface area (Å²) < 4.78 is 68.3. The Morgan fingerprint density at radius 2 is 0.554 bits per heavy atom. The number of carbonyl (C=O) groups is 4. The van der Waals surface area contributed by atoms with E-state index in [9.17, 15) is 43.2 Å². The summed E-state index contributed by atoms with van der Waals surface area (Å²) in [5.41, 5.74) is 0. The van der Waals surface area contributed by atoms with Crippen LogP contribution in [-0.2, 0) is 65.4 Å². The van der Waals surface area contributed by atoms with Crippen LogP contribution in [0.2, 0.25) is 0 Å². The van der Waals surface area contributed by atoms with Crippen molar-refractivity contribution in [1.29, 1.82) is 0 Å². The van der Waals surface area contributed by atoms with Crippen LogP contribution in [0, 0.1) is 17.8 Å². The van der Waals surface area contributed by atoms with Crippen molar-refractivity contribution in [2.24, 2.45) is 17.8 Å². The summed E-state index contributed by atoms with van der Waals surface area (Å²) in [7, 11) is -9.90. The van der Waals surface area contributed by atoms with Crippen LogP contribution in [0.5, 0.6) is 0 Å². The fourth-order valence-electron chi connectivity index (χ4n) is 11.0. The molecule has 3 N–H and O–H groups in total. The fraction of sp³-hybridized carbons (Fsp3) is 0.945. The second-order valence-corrected chi connectivity index (χ2v) is 30.2. The molecule has 0 saturated carbocycles. The Kier molecular flexibility index (Phi) is 62.4. The summed E-state index contributed by atoms with van der Waals surface area (Å²) in [4.78, 5) is 72.6. The largest absolute Gasteiger partial charge is 0.472 e. The second-order valence-electron chi connectivity index (χ2n) is 27.3. The van der Waals surface area contributed by atoms with Gasteiger partial charge in [0.05, 0.1) is 26.4 Å². The third kappa shape index (κ3) is 64.1. The normalized spacial score (nSPS) is 14.7. The minimum absolute atomic E-state index is 0.103. The van der Waals surface area contributed by atoms with Gasteiger partial charge in [-0.1, -0.05) is 318 Å². The highest BCUT2D eigenvalue weighted by Gasteiger charge is 2.30. The first-order valence-electron chi connectivity index (χ1n) is 37.9. The van der Waals surface area contributed by atoms with E-state index in [-0.39, 0.29) is 25.7 Å². The Labute approximate surface area is 562 Å². The quantitative estimate of drug-likeness (QED) is 0.0222. The summed E-state index contributed by atoms with van der Waals surface area (Å²) in [6.07, 6.45) is 48.6. The zero-order chi connectivity index (χ0) is 68.0. The first kappa shape index (κ1) is 90.1. The molecule has 0 aliphatic heterocycles. The Morgan fingerprint density at radius 3 is 0.826 bits per heavy atom. The minimum atomic E-state index is -4.96. The number of aliphatic hydroxyl groups excluding tert-OH is 1. The highest BCUT2D eigenvalue weighted by Crippen LogP contribution is 2.45. The molecule has 7 atom stereocenters. The number of carbonyl (C=O) groups excluding carboxylic acids is 4. The number of hydrogen-bond acceptors (Lipinski definition) is 15. The lowest BCUT2D eigenvalue weighted by Crippen LogP contribution is -2.30. The molecule has 0 aromatic heterocycles. The van der Waals surface area contributed by atoms with Crippen molar-refractivity contribution in [1.82, 2.24) is 0 Å². The first-order chi connectivity index (χ1) is 44.3. The van der Waals surface area contributed by atoms with Crippen molar-refractivity contribution in [3.05, 3.63) is 0 Å². The van der Waals surface area contributed by atoms with E-state index < -0.39 is 97.5 Å². The maximum Gasteiger partial charge on any atom is 0.472 e. The van der Waals surface area contributed by atoms with Crippen LogP contribution in [0.3, 0.4) is 0 Å². The van der Waals surface area contributed by atoms with E-state index in [1.807, 2.05) is 0 Å². The predicted octanol–water partition coefficient (Wildman–Crippen LogP) is 21.0. The SMILES string of the molecule is CCCCCCCCCCC(=O)OC[C@H](COP(=O)(O)OC[C@H](O)COP(=O)(O)OC[C@@H](COC(=O)CCCCCCCCCCCCCCCC(C)C)OC(=O)CCCCCCCCCCCCCCCCC(C)CC)OC(=O)CCCCCCCCC(C)CC. The van der Waals surface area contributed by atoms with Crippen LogP contribution in [0.25, 0.3) is 0 Å². The number of ether oxygens (including phenoxy) is 4. The molecule has 0 amide bonds. The smallest absolute Gasteiger partial charge is 0.462 e. The average molecular weight is 1350 g/mol. The highest BCUT2D eigenvalue weighted by atomic mass is 31.2. The number of esters is 4. The van der Waals surface area contributed by atoms with E-state index in [1.165, 1.54) is 173 Å². The van der Waals surface area contributed by atoms with Gasteiger partial charge in [0, 0.05) is 25.7 Å². The number of aliphatic hydroxyl groups is 1. The predicted molar refractivity (Wildman–Crippen MR) is 372 cm³/mol. The van der Waals surface area contributed by atoms with Gasteiger partial charge in [-0.2, -0.15) is 0 Å². The van der Waals surface area contributed by atoms with Crippen molar-refractivity contribution in [3.8, 4) is 0 Å². The van der Waals surface area contributed by atoms with E-state index in [1.54, 1.807) is 0 Å². The van der Waals surface area contributed by atoms with Crippen molar-refractivity contribution >= 4 is 39.5 Å². The Morgan fingerprint density at radius 1 is 0.315 bits per heavy atom. The van der Waals surface area contributed by atoms with Crippen LogP contribution in [-0.4, -0.2) is 96.7 Å². The van der Waals surface area contributed by atoms with Crippen molar-refractivity contribution in [2.75, 3.05) is 39.6 Å². The molecule has 0 aliphatic rings. The lowest BCUT2D eigenvalue weighted by molar-refractivity contribution is -0.161. The fourth-order valence-corrected chi connectivity index (χ4v) is 12.6. The molecule has 0 fully saturated rings. The number of phosphoric acid groups is 2. The molecule has 0 aromatic carbocycles. The highest BCUT2D eigenvalue weighted by molar-refractivity contribution is 7.47. The number of phosphoric ester groups is 2. The van der Waals surface area contributed by atoms with Crippen molar-refractivity contribution < 1.29 is 80.2 Å². The van der Waals surface area contributed by atoms with E-state index in [0.29, 0.717) is 25.7 Å². The number of unbranched alkanes of at least 4 members (excludes halogenated alkanes) is 37. The van der Waals surface area contributed by atoms with E-state index in [2.05, 4.69) is 48.5 Å². The van der Waals surface area contributed by atoms with Gasteiger partial charge in [-0.05, 0) is 43.4 Å². The van der Waals surface area contributed by atoms with E-state index in [4.69, 9.17) is 37.0 Å². The van der Waals surface area contributed by atoms with Crippen LogP contribution >= 0.6 is 15.6 Å². The Balaban J connectivity index is 5.21. The van der Waals surface area contributed by atoms with Gasteiger partial charge in [0.25, 0.3) is 0 Å². The van der Waals surface area contributed by atoms with Gasteiger partial charge in [0.1, 0.15) is 19.3 Å². The molecule has 92 heavy (non-hydrogen) atoms.